The van der Waals surface area contributed by atoms with Crippen LogP contribution in [-0.2, 0) is 39.5 Å². The third-order valence-electron chi connectivity index (χ3n) is 5.02. The van der Waals surface area contributed by atoms with Gasteiger partial charge in [-0.25, -0.2) is 0 Å². The van der Waals surface area contributed by atoms with Gasteiger partial charge in [-0.1, -0.05) is 0 Å². The molecule has 4 rings (SSSR count). The number of nitrogens with zero attached hydrogens (tertiary/aromatic N) is 4. The molecule has 0 atom stereocenters. The van der Waals surface area contributed by atoms with Gasteiger partial charge in [0.1, 0.15) is 0 Å². The van der Waals surface area contributed by atoms with Crippen molar-refractivity contribution in [2.45, 2.75) is 45.3 Å². The number of fused-ring (bicyclic) bond motifs is 2. The van der Waals surface area contributed by atoms with Gasteiger partial charge in [0.15, 0.2) is 5.69 Å². The Labute approximate surface area is 134 Å². The van der Waals surface area contributed by atoms with Crippen molar-refractivity contribution in [1.82, 2.24) is 24.9 Å². The predicted octanol–water partition coefficient (Wildman–Crippen LogP) is 0.713. The molecule has 122 valence electrons. The maximum atomic E-state index is 12.9. The van der Waals surface area contributed by atoms with E-state index < -0.39 is 0 Å². The van der Waals surface area contributed by atoms with Gasteiger partial charge < -0.3 is 10.0 Å². The quantitative estimate of drug-likeness (QED) is 0.854. The third-order valence-corrected chi connectivity index (χ3v) is 5.02. The molecule has 2 N–H and O–H groups in total. The van der Waals surface area contributed by atoms with Crippen molar-refractivity contribution >= 4 is 5.91 Å². The van der Waals surface area contributed by atoms with Crippen molar-refractivity contribution in [2.24, 2.45) is 7.05 Å². The lowest BCUT2D eigenvalue weighted by atomic mass is 9.95. The molecule has 0 saturated carbocycles. The van der Waals surface area contributed by atoms with Gasteiger partial charge in [0.25, 0.3) is 5.91 Å². The second-order valence-electron chi connectivity index (χ2n) is 6.37. The van der Waals surface area contributed by atoms with E-state index in [2.05, 4.69) is 15.3 Å². The first-order valence-corrected chi connectivity index (χ1v) is 8.19. The first kappa shape index (κ1) is 14.4. The van der Waals surface area contributed by atoms with Crippen LogP contribution >= 0.6 is 0 Å². The van der Waals surface area contributed by atoms with E-state index in [1.165, 1.54) is 0 Å². The van der Waals surface area contributed by atoms with Crippen LogP contribution in [0.1, 0.15) is 51.5 Å². The molecular weight excluding hydrogens is 294 g/mol. The maximum Gasteiger partial charge on any atom is 0.274 e. The summed E-state index contributed by atoms with van der Waals surface area (Å²) in [4.78, 5) is 14.7. The molecule has 0 aromatic carbocycles. The number of aromatic amines is 1. The zero-order valence-corrected chi connectivity index (χ0v) is 13.3. The lowest BCUT2D eigenvalue weighted by Gasteiger charge is -2.27. The second kappa shape index (κ2) is 5.49. The van der Waals surface area contributed by atoms with Crippen LogP contribution in [0.25, 0.3) is 0 Å². The number of aliphatic hydroxyl groups excluding tert-OH is 1. The Morgan fingerprint density at radius 2 is 2.09 bits per heavy atom. The molecule has 0 bridgehead atoms. The smallest absolute Gasteiger partial charge is 0.274 e. The number of aromatic nitrogens is 4. The van der Waals surface area contributed by atoms with E-state index in [-0.39, 0.29) is 12.5 Å². The SMILES string of the molecule is Cn1nc(CO)c2c1CCN(C(=O)c1n[nH]c3c1CCCC3)C2. The molecule has 2 aromatic rings. The average Bonchev–Trinajstić information content (AvgIpc) is 3.15. The molecule has 2 aromatic heterocycles. The Morgan fingerprint density at radius 1 is 1.26 bits per heavy atom. The predicted molar refractivity (Wildman–Crippen MR) is 82.8 cm³/mol. The van der Waals surface area contributed by atoms with E-state index in [4.69, 9.17) is 0 Å². The Morgan fingerprint density at radius 3 is 2.91 bits per heavy atom. The van der Waals surface area contributed by atoms with E-state index in [9.17, 15) is 9.90 Å². The second-order valence-corrected chi connectivity index (χ2v) is 6.37. The standard InChI is InChI=1S/C16H21N5O2/c1-20-14-6-7-21(8-11(14)13(9-22)19-20)16(23)15-10-4-2-3-5-12(10)17-18-15/h22H,2-9H2,1H3,(H,17,18). The molecule has 2 aliphatic rings. The van der Waals surface area contributed by atoms with Gasteiger partial charge in [-0.05, 0) is 25.7 Å². The van der Waals surface area contributed by atoms with Crippen molar-refractivity contribution < 1.29 is 9.90 Å². The van der Waals surface area contributed by atoms with Crippen LogP contribution in [0.3, 0.4) is 0 Å². The fourth-order valence-electron chi connectivity index (χ4n) is 3.78. The van der Waals surface area contributed by atoms with E-state index >= 15 is 0 Å². The highest BCUT2D eigenvalue weighted by molar-refractivity contribution is 5.94. The van der Waals surface area contributed by atoms with Crippen LogP contribution in [0.2, 0.25) is 0 Å². The van der Waals surface area contributed by atoms with Crippen LogP contribution in [0.15, 0.2) is 0 Å². The number of aliphatic hydroxyl groups is 1. The Hall–Kier alpha value is -2.15. The number of hydrogen-bond donors (Lipinski definition) is 2. The van der Waals surface area contributed by atoms with Gasteiger partial charge in [-0.2, -0.15) is 10.2 Å². The minimum absolute atomic E-state index is 0.0113. The normalized spacial score (nSPS) is 17.0. The van der Waals surface area contributed by atoms with Gasteiger partial charge in [-0.3, -0.25) is 14.6 Å². The van der Waals surface area contributed by atoms with E-state index in [0.717, 1.165) is 54.6 Å². The molecule has 3 heterocycles. The fraction of sp³-hybridized carbons (Fsp3) is 0.562. The van der Waals surface area contributed by atoms with Gasteiger partial charge >= 0.3 is 0 Å². The highest BCUT2D eigenvalue weighted by atomic mass is 16.3. The molecule has 1 aliphatic carbocycles. The van der Waals surface area contributed by atoms with Crippen LogP contribution in [0, 0.1) is 0 Å². The first-order valence-electron chi connectivity index (χ1n) is 8.19. The topological polar surface area (TPSA) is 87.0 Å². The van der Waals surface area contributed by atoms with Gasteiger partial charge in [0.05, 0.1) is 12.3 Å². The molecule has 7 nitrogen and oxygen atoms in total. The van der Waals surface area contributed by atoms with Crippen molar-refractivity contribution in [1.29, 1.82) is 0 Å². The Bertz CT molecular complexity index is 761. The van der Waals surface area contributed by atoms with Crippen LogP contribution in [0.4, 0.5) is 0 Å². The molecule has 1 amide bonds. The minimum Gasteiger partial charge on any atom is -0.390 e. The number of aryl methyl sites for hydroxylation is 2. The highest BCUT2D eigenvalue weighted by Gasteiger charge is 2.30. The Balaban J connectivity index is 1.62. The summed E-state index contributed by atoms with van der Waals surface area (Å²) in [7, 11) is 1.89. The van der Waals surface area contributed by atoms with Gasteiger partial charge in [0.2, 0.25) is 0 Å². The first-order chi connectivity index (χ1) is 11.2. The number of H-pyrrole nitrogens is 1. The lowest BCUT2D eigenvalue weighted by molar-refractivity contribution is 0.0725. The van der Waals surface area contributed by atoms with Crippen molar-refractivity contribution in [3.63, 3.8) is 0 Å². The van der Waals surface area contributed by atoms with Crippen LogP contribution < -0.4 is 0 Å². The largest absolute Gasteiger partial charge is 0.390 e. The Kier molecular flexibility index (Phi) is 3.45. The molecule has 0 spiro atoms. The summed E-state index contributed by atoms with van der Waals surface area (Å²) in [6, 6.07) is 0. The summed E-state index contributed by atoms with van der Waals surface area (Å²) in [5, 5.41) is 21.1. The summed E-state index contributed by atoms with van der Waals surface area (Å²) in [5.74, 6) is -0.0113. The molecule has 0 unspecified atom stereocenters. The number of carbonyl (C=O) groups excluding carboxylic acids is 1. The van der Waals surface area contributed by atoms with Crippen molar-refractivity contribution in [3.05, 3.63) is 33.9 Å². The summed E-state index contributed by atoms with van der Waals surface area (Å²) in [5.41, 5.74) is 5.57. The zero-order chi connectivity index (χ0) is 16.0. The van der Waals surface area contributed by atoms with Crippen molar-refractivity contribution in [2.75, 3.05) is 6.54 Å². The van der Waals surface area contributed by atoms with E-state index in [1.807, 2.05) is 16.6 Å². The van der Waals surface area contributed by atoms with E-state index in [0.29, 0.717) is 24.5 Å². The monoisotopic (exact) mass is 315 g/mol. The molecule has 1 aliphatic heterocycles. The third kappa shape index (κ3) is 2.26. The summed E-state index contributed by atoms with van der Waals surface area (Å²) in [6.07, 6.45) is 4.95. The van der Waals surface area contributed by atoms with E-state index in [1.54, 1.807) is 0 Å². The van der Waals surface area contributed by atoms with Crippen molar-refractivity contribution in [3.8, 4) is 0 Å². The number of rotatable bonds is 2. The molecular formula is C16H21N5O2. The maximum absolute atomic E-state index is 12.9. The number of amides is 1. The summed E-state index contributed by atoms with van der Waals surface area (Å²) < 4.78 is 1.82. The van der Waals surface area contributed by atoms with Gasteiger partial charge in [-0.15, -0.1) is 0 Å². The molecule has 7 heteroatoms. The lowest BCUT2D eigenvalue weighted by Crippen LogP contribution is -2.37. The fourth-order valence-corrected chi connectivity index (χ4v) is 3.78. The molecule has 0 saturated heterocycles. The molecule has 0 radical (unpaired) electrons. The number of nitrogens with one attached hydrogen (secondary N) is 1. The average molecular weight is 315 g/mol. The molecule has 0 fully saturated rings. The summed E-state index contributed by atoms with van der Waals surface area (Å²) in [6.45, 7) is 1.07. The van der Waals surface area contributed by atoms with Crippen LogP contribution in [0.5, 0.6) is 0 Å². The van der Waals surface area contributed by atoms with Gasteiger partial charge in [0, 0.05) is 49.1 Å². The summed E-state index contributed by atoms with van der Waals surface area (Å²) >= 11 is 0. The zero-order valence-electron chi connectivity index (χ0n) is 13.3. The highest BCUT2D eigenvalue weighted by Crippen LogP contribution is 2.26. The number of hydrogen-bond acceptors (Lipinski definition) is 4. The molecule has 23 heavy (non-hydrogen) atoms. The number of carbonyl (C=O) groups is 1. The van der Waals surface area contributed by atoms with Crippen LogP contribution in [-0.4, -0.2) is 42.4 Å². The minimum atomic E-state index is -0.0942.